The Morgan fingerprint density at radius 1 is 1.28 bits per heavy atom. The lowest BCUT2D eigenvalue weighted by molar-refractivity contribution is 0.192. The van der Waals surface area contributed by atoms with E-state index in [1.165, 1.54) is 25.7 Å². The van der Waals surface area contributed by atoms with E-state index in [1.807, 2.05) is 0 Å². The molecule has 0 saturated carbocycles. The van der Waals surface area contributed by atoms with Crippen LogP contribution in [0.3, 0.4) is 0 Å². The van der Waals surface area contributed by atoms with Crippen molar-refractivity contribution in [2.24, 2.45) is 0 Å². The first-order chi connectivity index (χ1) is 8.92. The maximum atomic E-state index is 5.06. The first-order valence-corrected chi connectivity index (χ1v) is 7.19. The van der Waals surface area contributed by atoms with E-state index in [9.17, 15) is 0 Å². The minimum absolute atomic E-state index is 0.720. The summed E-state index contributed by atoms with van der Waals surface area (Å²) >= 11 is 0. The van der Waals surface area contributed by atoms with E-state index in [1.54, 1.807) is 18.2 Å². The molecule has 2 rings (SSSR count). The number of hydrogen-bond acceptors (Lipinski definition) is 2. The SMILES string of the molecule is COCCCCNCC1CCCc2ccccc21. The summed E-state index contributed by atoms with van der Waals surface area (Å²) in [6.07, 6.45) is 6.31. The molecule has 2 nitrogen and oxygen atoms in total. The van der Waals surface area contributed by atoms with E-state index in [2.05, 4.69) is 29.6 Å². The summed E-state index contributed by atoms with van der Waals surface area (Å²) in [7, 11) is 1.77. The van der Waals surface area contributed by atoms with Gasteiger partial charge in [0.1, 0.15) is 0 Å². The van der Waals surface area contributed by atoms with E-state index in [-0.39, 0.29) is 0 Å². The molecule has 18 heavy (non-hydrogen) atoms. The predicted octanol–water partition coefficient (Wildman–Crippen LogP) is 3.12. The van der Waals surface area contributed by atoms with Gasteiger partial charge >= 0.3 is 0 Å². The molecule has 100 valence electrons. The van der Waals surface area contributed by atoms with Gasteiger partial charge in [0.25, 0.3) is 0 Å². The van der Waals surface area contributed by atoms with Crippen molar-refractivity contribution < 1.29 is 4.74 Å². The average molecular weight is 247 g/mol. The van der Waals surface area contributed by atoms with Crippen molar-refractivity contribution in [3.63, 3.8) is 0 Å². The standard InChI is InChI=1S/C16H25NO/c1-18-12-5-4-11-17-13-15-9-6-8-14-7-2-3-10-16(14)15/h2-3,7,10,15,17H,4-6,8-9,11-13H2,1H3. The van der Waals surface area contributed by atoms with Crippen LogP contribution in [0.5, 0.6) is 0 Å². The normalized spacial score (nSPS) is 18.6. The van der Waals surface area contributed by atoms with Crippen molar-refractivity contribution >= 4 is 0 Å². The Morgan fingerprint density at radius 3 is 3.06 bits per heavy atom. The number of rotatable bonds is 7. The second-order valence-corrected chi connectivity index (χ2v) is 5.19. The third-order valence-electron chi connectivity index (χ3n) is 3.84. The highest BCUT2D eigenvalue weighted by Crippen LogP contribution is 2.30. The molecule has 0 saturated heterocycles. The Kier molecular flexibility index (Phi) is 5.69. The average Bonchev–Trinajstić information content (AvgIpc) is 2.43. The van der Waals surface area contributed by atoms with Gasteiger partial charge in [-0.05, 0) is 55.7 Å². The van der Waals surface area contributed by atoms with Gasteiger partial charge in [0, 0.05) is 20.3 Å². The van der Waals surface area contributed by atoms with Crippen LogP contribution < -0.4 is 5.32 Å². The third-order valence-corrected chi connectivity index (χ3v) is 3.84. The lowest BCUT2D eigenvalue weighted by atomic mass is 9.83. The molecule has 1 aliphatic rings. The molecule has 0 aromatic heterocycles. The third kappa shape index (κ3) is 3.82. The maximum absolute atomic E-state index is 5.06. The number of benzene rings is 1. The molecule has 2 heteroatoms. The van der Waals surface area contributed by atoms with Crippen LogP contribution in [0.25, 0.3) is 0 Å². The second-order valence-electron chi connectivity index (χ2n) is 5.19. The Hall–Kier alpha value is -0.860. The summed E-state index contributed by atoms with van der Waals surface area (Å²) in [5, 5.41) is 3.60. The zero-order valence-electron chi connectivity index (χ0n) is 11.5. The quantitative estimate of drug-likeness (QED) is 0.747. The van der Waals surface area contributed by atoms with Crippen molar-refractivity contribution in [3.8, 4) is 0 Å². The van der Waals surface area contributed by atoms with Crippen molar-refractivity contribution in [1.82, 2.24) is 5.32 Å². The van der Waals surface area contributed by atoms with E-state index in [0.29, 0.717) is 0 Å². The molecular weight excluding hydrogens is 222 g/mol. The molecule has 0 bridgehead atoms. The number of unbranched alkanes of at least 4 members (excludes halogenated alkanes) is 1. The molecule has 1 aromatic carbocycles. The molecule has 0 aliphatic heterocycles. The van der Waals surface area contributed by atoms with Gasteiger partial charge in [-0.2, -0.15) is 0 Å². The molecule has 1 aromatic rings. The molecule has 1 atom stereocenters. The van der Waals surface area contributed by atoms with Crippen molar-refractivity contribution in [3.05, 3.63) is 35.4 Å². The van der Waals surface area contributed by atoms with Crippen LogP contribution in [0.4, 0.5) is 0 Å². The fourth-order valence-electron chi connectivity index (χ4n) is 2.84. The van der Waals surface area contributed by atoms with Gasteiger partial charge in [-0.1, -0.05) is 24.3 Å². The number of nitrogens with one attached hydrogen (secondary N) is 1. The maximum Gasteiger partial charge on any atom is 0.0462 e. The second kappa shape index (κ2) is 7.55. The summed E-state index contributed by atoms with van der Waals surface area (Å²) in [5.41, 5.74) is 3.14. The van der Waals surface area contributed by atoms with E-state index in [4.69, 9.17) is 4.74 Å². The lowest BCUT2D eigenvalue weighted by Crippen LogP contribution is -2.25. The van der Waals surface area contributed by atoms with Gasteiger partial charge in [-0.25, -0.2) is 0 Å². The highest BCUT2D eigenvalue weighted by Gasteiger charge is 2.18. The van der Waals surface area contributed by atoms with Gasteiger partial charge in [-0.3, -0.25) is 0 Å². The molecule has 0 spiro atoms. The van der Waals surface area contributed by atoms with Crippen LogP contribution in [0.1, 0.15) is 42.7 Å². The molecule has 1 aliphatic carbocycles. The van der Waals surface area contributed by atoms with Crippen LogP contribution in [-0.2, 0) is 11.2 Å². The molecule has 1 N–H and O–H groups in total. The minimum Gasteiger partial charge on any atom is -0.385 e. The number of methoxy groups -OCH3 is 1. The lowest BCUT2D eigenvalue weighted by Gasteiger charge is -2.25. The van der Waals surface area contributed by atoms with Gasteiger partial charge < -0.3 is 10.1 Å². The number of aryl methyl sites for hydroxylation is 1. The fraction of sp³-hybridized carbons (Fsp3) is 0.625. The topological polar surface area (TPSA) is 21.3 Å². The smallest absolute Gasteiger partial charge is 0.0462 e. The van der Waals surface area contributed by atoms with E-state index < -0.39 is 0 Å². The highest BCUT2D eigenvalue weighted by atomic mass is 16.5. The van der Waals surface area contributed by atoms with Gasteiger partial charge in [-0.15, -0.1) is 0 Å². The van der Waals surface area contributed by atoms with Crippen LogP contribution in [0.2, 0.25) is 0 Å². The Balaban J connectivity index is 1.74. The summed E-state index contributed by atoms with van der Waals surface area (Å²) in [4.78, 5) is 0. The monoisotopic (exact) mass is 247 g/mol. The Labute approximate surface area is 111 Å². The zero-order valence-corrected chi connectivity index (χ0v) is 11.5. The molecule has 0 radical (unpaired) electrons. The number of fused-ring (bicyclic) bond motifs is 1. The zero-order chi connectivity index (χ0) is 12.6. The summed E-state index contributed by atoms with van der Waals surface area (Å²) in [6.45, 7) is 3.12. The van der Waals surface area contributed by atoms with Crippen LogP contribution in [0.15, 0.2) is 24.3 Å². The summed E-state index contributed by atoms with van der Waals surface area (Å²) in [6, 6.07) is 8.95. The van der Waals surface area contributed by atoms with Crippen LogP contribution in [0, 0.1) is 0 Å². The summed E-state index contributed by atoms with van der Waals surface area (Å²) in [5.74, 6) is 0.720. The van der Waals surface area contributed by atoms with E-state index in [0.717, 1.165) is 32.0 Å². The first-order valence-electron chi connectivity index (χ1n) is 7.19. The molecule has 1 unspecified atom stereocenters. The van der Waals surface area contributed by atoms with Gasteiger partial charge in [0.15, 0.2) is 0 Å². The summed E-state index contributed by atoms with van der Waals surface area (Å²) < 4.78 is 5.06. The molecular formula is C16H25NO. The largest absolute Gasteiger partial charge is 0.385 e. The van der Waals surface area contributed by atoms with Crippen LogP contribution in [-0.4, -0.2) is 26.8 Å². The van der Waals surface area contributed by atoms with Gasteiger partial charge in [0.05, 0.1) is 0 Å². The highest BCUT2D eigenvalue weighted by molar-refractivity contribution is 5.32. The van der Waals surface area contributed by atoms with Crippen molar-refractivity contribution in [2.45, 2.75) is 38.0 Å². The Bertz CT molecular complexity index is 351. The molecule has 0 heterocycles. The van der Waals surface area contributed by atoms with Crippen molar-refractivity contribution in [1.29, 1.82) is 0 Å². The molecule has 0 fully saturated rings. The van der Waals surface area contributed by atoms with Crippen molar-refractivity contribution in [2.75, 3.05) is 26.8 Å². The Morgan fingerprint density at radius 2 is 2.17 bits per heavy atom. The number of hydrogen-bond donors (Lipinski definition) is 1. The predicted molar refractivity (Wildman–Crippen MR) is 76.1 cm³/mol. The van der Waals surface area contributed by atoms with E-state index >= 15 is 0 Å². The number of ether oxygens (including phenoxy) is 1. The molecule has 0 amide bonds. The fourth-order valence-corrected chi connectivity index (χ4v) is 2.84. The van der Waals surface area contributed by atoms with Crippen LogP contribution >= 0.6 is 0 Å². The first kappa shape index (κ1) is 13.6. The minimum atomic E-state index is 0.720. The van der Waals surface area contributed by atoms with Gasteiger partial charge in [0.2, 0.25) is 0 Å².